The Morgan fingerprint density at radius 1 is 0.950 bits per heavy atom. The number of ketones is 2. The minimum Gasteiger partial charge on any atom is -0.492 e. The third kappa shape index (κ3) is 6.54. The van der Waals surface area contributed by atoms with E-state index in [1.165, 1.54) is 24.5 Å². The molecule has 60 heavy (non-hydrogen) atoms. The number of allylic oxidation sites excluding steroid dienone is 1. The van der Waals surface area contributed by atoms with Gasteiger partial charge in [0.2, 0.25) is 18.0 Å². The first-order valence-electron chi connectivity index (χ1n) is 19.8. The standard InChI is InChI=1S/C43H41N5O12/c44-42-46-39-30(40(56)47-42)45-20-48(39)28-11-5-4-8-23(28)22-13-17-58-43(14-6-1-7-15-43)38-34(54)33(53)35(55)41(60-38)59-36-26(22)18-27-29(37(36)57-19-21(50)12-16-49)32(52)25-10-3-2-9-24(25)31(27)51/h2-5,8-11,13,16-18,21-22,33-35,38,41,50,53-55H,1,6-7,12,14-15,19-20H2,(H2,44,47,56)/p+1/b17-13-/t21-,22+,33-,34-,35+,38-,41+/m1/s1. The van der Waals surface area contributed by atoms with Crippen LogP contribution >= 0.6 is 0 Å². The molecule has 4 aliphatic heterocycles. The van der Waals surface area contributed by atoms with Crippen molar-refractivity contribution in [3.63, 3.8) is 0 Å². The van der Waals surface area contributed by atoms with Crippen LogP contribution in [-0.4, -0.2) is 117 Å². The van der Waals surface area contributed by atoms with Gasteiger partial charge in [-0.1, -0.05) is 48.9 Å². The van der Waals surface area contributed by atoms with Gasteiger partial charge in [-0.15, -0.1) is 0 Å². The van der Waals surface area contributed by atoms with Crippen molar-refractivity contribution in [2.45, 2.75) is 86.9 Å². The first kappa shape index (κ1) is 39.5. The first-order chi connectivity index (χ1) is 29.0. The van der Waals surface area contributed by atoms with E-state index < -0.39 is 72.4 Å². The SMILES string of the molecule is N=C1N=C2C(=NC[NH+]2c2ccccc2[C@@H]2/C=C\OC3(CCCCC3)[C@@H]3O[C@H](Oc4c2cc2c(c4OC[C@H](O)CC=O)C(=O)c4ccccc4C2=O)[C@@H](O)[C@H](O)[C@H]3O)C(=O)N1. The maximum absolute atomic E-state index is 14.5. The van der Waals surface area contributed by atoms with E-state index in [2.05, 4.69) is 15.3 Å². The second-order valence-electron chi connectivity index (χ2n) is 15.7. The summed E-state index contributed by atoms with van der Waals surface area (Å²) in [6.45, 7) is -0.483. The average molecular weight is 821 g/mol. The van der Waals surface area contributed by atoms with Gasteiger partial charge in [0.1, 0.15) is 48.6 Å². The minimum atomic E-state index is -1.85. The smallest absolute Gasteiger partial charge is 0.284 e. The lowest BCUT2D eigenvalue weighted by Crippen LogP contribution is -3.09. The summed E-state index contributed by atoms with van der Waals surface area (Å²) in [5.41, 5.74) is 0.167. The molecule has 3 aromatic carbocycles. The largest absolute Gasteiger partial charge is 0.492 e. The van der Waals surface area contributed by atoms with E-state index in [0.29, 0.717) is 48.1 Å². The highest BCUT2D eigenvalue weighted by atomic mass is 16.7. The number of hydrogen-bond donors (Lipinski definition) is 7. The Morgan fingerprint density at radius 3 is 2.45 bits per heavy atom. The Balaban J connectivity index is 1.31. The second-order valence-corrected chi connectivity index (χ2v) is 15.7. The lowest BCUT2D eigenvalue weighted by Gasteiger charge is -2.49. The summed E-state index contributed by atoms with van der Waals surface area (Å²) in [7, 11) is 0. The van der Waals surface area contributed by atoms with Gasteiger partial charge in [-0.3, -0.25) is 25.1 Å². The number of aldehydes is 1. The monoisotopic (exact) mass is 820 g/mol. The number of amides is 1. The number of aliphatic hydroxyl groups excluding tert-OH is 4. The highest BCUT2D eigenvalue weighted by Gasteiger charge is 2.56. The molecule has 17 heteroatoms. The lowest BCUT2D eigenvalue weighted by molar-refractivity contribution is -0.723. The number of para-hydroxylation sites is 1. The fourth-order valence-electron chi connectivity index (χ4n) is 9.13. The molecule has 2 bridgehead atoms. The topological polar surface area (TPSA) is 251 Å². The van der Waals surface area contributed by atoms with Crippen molar-refractivity contribution < 1.29 is 63.5 Å². The summed E-state index contributed by atoms with van der Waals surface area (Å²) in [5.74, 6) is -3.27. The number of amidine groups is 1. The number of nitrogens with one attached hydrogen (secondary N) is 3. The molecule has 1 amide bonds. The molecule has 8 atom stereocenters. The van der Waals surface area contributed by atoms with Gasteiger partial charge in [-0.25, -0.2) is 9.89 Å². The number of ether oxygens (including phenoxy) is 4. The Kier molecular flexibility index (Phi) is 10.3. The molecule has 310 valence electrons. The maximum atomic E-state index is 14.5. The number of carbonyl (C=O) groups excluding carboxylic acids is 4. The highest BCUT2D eigenvalue weighted by Crippen LogP contribution is 2.50. The molecule has 1 saturated heterocycles. The molecule has 9 rings (SSSR count). The number of aliphatic imine (C=N–C) groups is 2. The summed E-state index contributed by atoms with van der Waals surface area (Å²) < 4.78 is 26.0. The molecule has 2 aliphatic carbocycles. The summed E-state index contributed by atoms with van der Waals surface area (Å²) in [5, 5.41) is 55.7. The van der Waals surface area contributed by atoms with E-state index in [1.54, 1.807) is 42.5 Å². The fraction of sp³-hybridized carbons (Fsp3) is 0.372. The van der Waals surface area contributed by atoms with Crippen molar-refractivity contribution in [2.75, 3.05) is 13.3 Å². The van der Waals surface area contributed by atoms with Crippen LogP contribution in [-0.2, 0) is 19.1 Å². The first-order valence-corrected chi connectivity index (χ1v) is 19.8. The van der Waals surface area contributed by atoms with Crippen molar-refractivity contribution in [1.29, 1.82) is 5.41 Å². The third-order valence-electron chi connectivity index (χ3n) is 12.1. The van der Waals surface area contributed by atoms with Crippen molar-refractivity contribution in [2.24, 2.45) is 9.98 Å². The number of rotatable bonds is 7. The van der Waals surface area contributed by atoms with E-state index in [4.69, 9.17) is 24.4 Å². The summed E-state index contributed by atoms with van der Waals surface area (Å²) in [6.07, 6.45) is -2.94. The number of benzene rings is 3. The Labute approximate surface area is 342 Å². The molecule has 1 saturated carbocycles. The van der Waals surface area contributed by atoms with Crippen LogP contribution in [0.3, 0.4) is 0 Å². The number of fused-ring (bicyclic) bond motifs is 7. The molecule has 0 radical (unpaired) electrons. The van der Waals surface area contributed by atoms with Gasteiger partial charge >= 0.3 is 0 Å². The van der Waals surface area contributed by atoms with Gasteiger partial charge < -0.3 is 44.2 Å². The Hall–Kier alpha value is -5.95. The van der Waals surface area contributed by atoms with Crippen molar-refractivity contribution >= 4 is 47.0 Å². The zero-order valence-corrected chi connectivity index (χ0v) is 32.1. The van der Waals surface area contributed by atoms with Crippen LogP contribution in [0.15, 0.2) is 76.9 Å². The number of hydrogen-bond acceptors (Lipinski definition) is 14. The second kappa shape index (κ2) is 15.6. The molecule has 2 fully saturated rings. The Bertz CT molecular complexity index is 2410. The molecule has 4 heterocycles. The van der Waals surface area contributed by atoms with E-state index in [0.717, 1.165) is 6.42 Å². The van der Waals surface area contributed by atoms with Crippen LogP contribution in [0.4, 0.5) is 5.69 Å². The number of aliphatic hydroxyl groups is 4. The summed E-state index contributed by atoms with van der Waals surface area (Å²) in [4.78, 5) is 62.6. The number of guanidine groups is 1. The van der Waals surface area contributed by atoms with Crippen molar-refractivity contribution in [3.05, 3.63) is 100 Å². The molecular weight excluding hydrogens is 778 g/mol. The molecule has 0 aromatic heterocycles. The van der Waals surface area contributed by atoms with Gasteiger partial charge in [-0.2, -0.15) is 4.99 Å². The van der Waals surface area contributed by atoms with Gasteiger partial charge in [0, 0.05) is 40.2 Å². The highest BCUT2D eigenvalue weighted by molar-refractivity contribution is 6.68. The molecule has 1 unspecified atom stereocenters. The van der Waals surface area contributed by atoms with Crippen molar-refractivity contribution in [1.82, 2.24) is 5.32 Å². The van der Waals surface area contributed by atoms with Crippen LogP contribution in [0.25, 0.3) is 0 Å². The molecule has 1 spiro atoms. The van der Waals surface area contributed by atoms with E-state index in [1.807, 2.05) is 0 Å². The zero-order chi connectivity index (χ0) is 41.9. The predicted octanol–water partition coefficient (Wildman–Crippen LogP) is 0.747. The summed E-state index contributed by atoms with van der Waals surface area (Å²) >= 11 is 0. The predicted molar refractivity (Wildman–Crippen MR) is 210 cm³/mol. The van der Waals surface area contributed by atoms with Gasteiger partial charge in [0.15, 0.2) is 29.7 Å². The number of carbonyl (C=O) groups is 4. The van der Waals surface area contributed by atoms with Crippen LogP contribution < -0.4 is 19.7 Å². The molecule has 7 N–H and O–H groups in total. The van der Waals surface area contributed by atoms with E-state index in [-0.39, 0.29) is 69.9 Å². The fourth-order valence-corrected chi connectivity index (χ4v) is 9.13. The molecule has 6 aliphatic rings. The molecule has 3 aromatic rings. The van der Waals surface area contributed by atoms with Gasteiger partial charge in [0.05, 0.1) is 17.9 Å². The zero-order valence-electron chi connectivity index (χ0n) is 32.1. The van der Waals surface area contributed by atoms with Gasteiger partial charge in [0.25, 0.3) is 11.7 Å². The van der Waals surface area contributed by atoms with Crippen LogP contribution in [0.1, 0.15) is 87.4 Å². The minimum absolute atomic E-state index is 0.0434. The quantitative estimate of drug-likeness (QED) is 0.128. The van der Waals surface area contributed by atoms with Crippen LogP contribution in [0, 0.1) is 5.41 Å². The van der Waals surface area contributed by atoms with Crippen molar-refractivity contribution in [3.8, 4) is 11.5 Å². The van der Waals surface area contributed by atoms with Gasteiger partial charge in [-0.05, 0) is 43.9 Å². The lowest BCUT2D eigenvalue weighted by atomic mass is 9.76. The van der Waals surface area contributed by atoms with Crippen LogP contribution in [0.5, 0.6) is 11.5 Å². The normalized spacial score (nSPS) is 28.8. The molecular formula is C43H42N5O12+. The number of quaternary nitrogens is 1. The molecule has 17 nitrogen and oxygen atoms in total. The third-order valence-corrected chi connectivity index (χ3v) is 12.1. The maximum Gasteiger partial charge on any atom is 0.284 e. The average Bonchev–Trinajstić information content (AvgIpc) is 3.67. The Morgan fingerprint density at radius 2 is 1.68 bits per heavy atom. The summed E-state index contributed by atoms with van der Waals surface area (Å²) in [6, 6.07) is 14.9. The van der Waals surface area contributed by atoms with E-state index in [9.17, 15) is 39.6 Å². The number of nitrogens with zero attached hydrogens (tertiary/aromatic N) is 2. The van der Waals surface area contributed by atoms with Crippen LogP contribution in [0.2, 0.25) is 0 Å². The van der Waals surface area contributed by atoms with E-state index >= 15 is 0 Å².